The zero-order valence-corrected chi connectivity index (χ0v) is 15.7. The van der Waals surface area contributed by atoms with Gasteiger partial charge in [0.2, 0.25) is 15.9 Å². The van der Waals surface area contributed by atoms with Crippen molar-refractivity contribution in [2.24, 2.45) is 5.92 Å². The molecule has 5 nitrogen and oxygen atoms in total. The Morgan fingerprint density at radius 1 is 1.25 bits per heavy atom. The summed E-state index contributed by atoms with van der Waals surface area (Å²) in [7, 11) is -3.59. The maximum atomic E-state index is 12.5. The van der Waals surface area contributed by atoms with Crippen molar-refractivity contribution in [3.05, 3.63) is 29.3 Å². The highest BCUT2D eigenvalue weighted by molar-refractivity contribution is 7.92. The Balaban J connectivity index is 2.08. The first-order valence-corrected chi connectivity index (χ1v) is 10.5. The Hall–Kier alpha value is -1.27. The van der Waals surface area contributed by atoms with E-state index in [1.54, 1.807) is 31.2 Å². The second-order valence-electron chi connectivity index (χ2n) is 6.46. The van der Waals surface area contributed by atoms with Crippen LogP contribution in [0.1, 0.15) is 39.0 Å². The number of anilines is 1. The zero-order valence-electron chi connectivity index (χ0n) is 14.2. The highest BCUT2D eigenvalue weighted by atomic mass is 35.5. The molecular formula is C17H25ClN2O3S. The van der Waals surface area contributed by atoms with Gasteiger partial charge >= 0.3 is 0 Å². The molecule has 1 atom stereocenters. The summed E-state index contributed by atoms with van der Waals surface area (Å²) in [6.45, 7) is 2.22. The number of nitrogens with zero attached hydrogens (tertiary/aromatic N) is 1. The number of sulfonamides is 1. The Bertz CT molecular complexity index is 655. The fourth-order valence-corrected chi connectivity index (χ4v) is 4.48. The molecule has 1 aliphatic rings. The maximum Gasteiger partial charge on any atom is 0.243 e. The molecule has 0 spiro atoms. The molecule has 0 bridgehead atoms. The standard InChI is InChI=1S/C17H25ClN2O3S/c1-13(17(21)19-12-14-6-4-3-5-7-14)20(24(2,22)23)16-10-8-15(18)9-11-16/h8-11,13-14H,3-7,12H2,1-2H3,(H,19,21)/t13-/m1/s1. The topological polar surface area (TPSA) is 66.5 Å². The van der Waals surface area contributed by atoms with Crippen LogP contribution in [0.5, 0.6) is 0 Å². The van der Waals surface area contributed by atoms with E-state index in [0.717, 1.165) is 23.4 Å². The molecule has 0 saturated heterocycles. The average Bonchev–Trinajstić information content (AvgIpc) is 2.54. The summed E-state index contributed by atoms with van der Waals surface area (Å²) in [6, 6.07) is 5.62. The summed E-state index contributed by atoms with van der Waals surface area (Å²) in [5.41, 5.74) is 0.433. The molecule has 1 N–H and O–H groups in total. The Kier molecular flexibility index (Phi) is 6.52. The van der Waals surface area contributed by atoms with E-state index in [-0.39, 0.29) is 5.91 Å². The van der Waals surface area contributed by atoms with Crippen LogP contribution in [0.4, 0.5) is 5.69 Å². The Morgan fingerprint density at radius 3 is 2.38 bits per heavy atom. The number of nitrogens with one attached hydrogen (secondary N) is 1. The highest BCUT2D eigenvalue weighted by Crippen LogP contribution is 2.24. The van der Waals surface area contributed by atoms with Crippen LogP contribution >= 0.6 is 11.6 Å². The van der Waals surface area contributed by atoms with Crippen molar-refractivity contribution in [3.8, 4) is 0 Å². The van der Waals surface area contributed by atoms with Crippen LogP contribution in [-0.2, 0) is 14.8 Å². The third-order valence-electron chi connectivity index (χ3n) is 4.46. The summed E-state index contributed by atoms with van der Waals surface area (Å²) in [6.07, 6.45) is 7.03. The largest absolute Gasteiger partial charge is 0.354 e. The summed E-state index contributed by atoms with van der Waals surface area (Å²) >= 11 is 5.86. The van der Waals surface area contributed by atoms with Crippen molar-refractivity contribution >= 4 is 33.2 Å². The molecule has 2 rings (SSSR count). The number of carbonyl (C=O) groups is 1. The number of halogens is 1. The van der Waals surface area contributed by atoms with Crippen molar-refractivity contribution in [1.29, 1.82) is 0 Å². The van der Waals surface area contributed by atoms with E-state index >= 15 is 0 Å². The molecule has 0 aromatic heterocycles. The molecule has 1 aromatic rings. The second-order valence-corrected chi connectivity index (χ2v) is 8.76. The third-order valence-corrected chi connectivity index (χ3v) is 5.95. The molecule has 1 aliphatic carbocycles. The molecule has 24 heavy (non-hydrogen) atoms. The van der Waals surface area contributed by atoms with Crippen LogP contribution < -0.4 is 9.62 Å². The molecule has 1 saturated carbocycles. The lowest BCUT2D eigenvalue weighted by Crippen LogP contribution is -2.48. The molecule has 7 heteroatoms. The van der Waals surface area contributed by atoms with Gasteiger partial charge in [-0.3, -0.25) is 9.10 Å². The Labute approximate surface area is 149 Å². The van der Waals surface area contributed by atoms with E-state index in [4.69, 9.17) is 11.6 Å². The first-order chi connectivity index (χ1) is 11.3. The van der Waals surface area contributed by atoms with Crippen molar-refractivity contribution in [2.75, 3.05) is 17.1 Å². The second kappa shape index (κ2) is 8.21. The van der Waals surface area contributed by atoms with Gasteiger partial charge in [0.15, 0.2) is 0 Å². The van der Waals surface area contributed by atoms with Gasteiger partial charge in [-0.2, -0.15) is 0 Å². The fraction of sp³-hybridized carbons (Fsp3) is 0.588. The van der Waals surface area contributed by atoms with Crippen LogP contribution in [0, 0.1) is 5.92 Å². The normalized spacial score (nSPS) is 17.3. The lowest BCUT2D eigenvalue weighted by Gasteiger charge is -2.29. The predicted octanol–water partition coefficient (Wildman–Crippen LogP) is 3.19. The quantitative estimate of drug-likeness (QED) is 0.833. The third kappa shape index (κ3) is 5.11. The lowest BCUT2D eigenvalue weighted by atomic mass is 9.89. The number of carbonyl (C=O) groups excluding carboxylic acids is 1. The Morgan fingerprint density at radius 2 is 1.83 bits per heavy atom. The van der Waals surface area contributed by atoms with Gasteiger partial charge in [0.05, 0.1) is 11.9 Å². The minimum absolute atomic E-state index is 0.277. The van der Waals surface area contributed by atoms with Crippen molar-refractivity contribution in [3.63, 3.8) is 0 Å². The van der Waals surface area contributed by atoms with Crippen LogP contribution in [0.15, 0.2) is 24.3 Å². The van der Waals surface area contributed by atoms with Crippen molar-refractivity contribution in [2.45, 2.75) is 45.1 Å². The van der Waals surface area contributed by atoms with Crippen LogP contribution in [-0.4, -0.2) is 33.2 Å². The number of rotatable bonds is 6. The first kappa shape index (κ1) is 19.1. The van der Waals surface area contributed by atoms with Crippen LogP contribution in [0.3, 0.4) is 0 Å². The number of amides is 1. The van der Waals surface area contributed by atoms with Gasteiger partial charge in [-0.05, 0) is 49.9 Å². The molecule has 1 aromatic carbocycles. The van der Waals surface area contributed by atoms with E-state index in [0.29, 0.717) is 23.2 Å². The van der Waals surface area contributed by atoms with Crippen LogP contribution in [0.25, 0.3) is 0 Å². The summed E-state index contributed by atoms with van der Waals surface area (Å²) in [5.74, 6) is 0.220. The SMILES string of the molecule is C[C@H](C(=O)NCC1CCCCC1)N(c1ccc(Cl)cc1)S(C)(=O)=O. The molecule has 1 fully saturated rings. The summed E-state index contributed by atoms with van der Waals surface area (Å²) < 4.78 is 25.5. The van der Waals surface area contributed by atoms with Crippen molar-refractivity contribution < 1.29 is 13.2 Å². The number of hydrogen-bond donors (Lipinski definition) is 1. The predicted molar refractivity (Wildman–Crippen MR) is 97.8 cm³/mol. The van der Waals surface area contributed by atoms with E-state index < -0.39 is 16.1 Å². The van der Waals surface area contributed by atoms with Gasteiger partial charge in [-0.15, -0.1) is 0 Å². The van der Waals surface area contributed by atoms with Gasteiger partial charge < -0.3 is 5.32 Å². The monoisotopic (exact) mass is 372 g/mol. The average molecular weight is 373 g/mol. The zero-order chi connectivity index (χ0) is 17.7. The molecule has 0 unspecified atom stereocenters. The smallest absolute Gasteiger partial charge is 0.243 e. The van der Waals surface area contributed by atoms with Crippen LogP contribution in [0.2, 0.25) is 5.02 Å². The van der Waals surface area contributed by atoms with Gasteiger partial charge in [-0.1, -0.05) is 30.9 Å². The minimum Gasteiger partial charge on any atom is -0.354 e. The summed E-state index contributed by atoms with van der Waals surface area (Å²) in [5, 5.41) is 3.43. The number of benzene rings is 1. The lowest BCUT2D eigenvalue weighted by molar-refractivity contribution is -0.122. The van der Waals surface area contributed by atoms with Crippen molar-refractivity contribution in [1.82, 2.24) is 5.32 Å². The van der Waals surface area contributed by atoms with E-state index in [1.165, 1.54) is 19.3 Å². The molecule has 0 heterocycles. The molecule has 0 aliphatic heterocycles. The minimum atomic E-state index is -3.59. The molecule has 0 radical (unpaired) electrons. The maximum absolute atomic E-state index is 12.5. The van der Waals surface area contributed by atoms with Gasteiger partial charge in [-0.25, -0.2) is 8.42 Å². The number of hydrogen-bond acceptors (Lipinski definition) is 3. The highest BCUT2D eigenvalue weighted by Gasteiger charge is 2.29. The first-order valence-electron chi connectivity index (χ1n) is 8.31. The summed E-state index contributed by atoms with van der Waals surface area (Å²) in [4.78, 5) is 12.5. The fourth-order valence-electron chi connectivity index (χ4n) is 3.18. The van der Waals surface area contributed by atoms with Gasteiger partial charge in [0.1, 0.15) is 6.04 Å². The molecular weight excluding hydrogens is 348 g/mol. The van der Waals surface area contributed by atoms with E-state index in [1.807, 2.05) is 0 Å². The van der Waals surface area contributed by atoms with Gasteiger partial charge in [0.25, 0.3) is 0 Å². The molecule has 1 amide bonds. The van der Waals surface area contributed by atoms with E-state index in [2.05, 4.69) is 5.32 Å². The van der Waals surface area contributed by atoms with Gasteiger partial charge in [0, 0.05) is 11.6 Å². The van der Waals surface area contributed by atoms with E-state index in [9.17, 15) is 13.2 Å². The molecule has 134 valence electrons.